The number of nitrogens with one attached hydrogen (secondary N) is 1. The molecular weight excluding hydrogens is 318 g/mol. The van der Waals surface area contributed by atoms with Crippen LogP contribution >= 0.6 is 0 Å². The van der Waals surface area contributed by atoms with E-state index in [4.69, 9.17) is 4.74 Å². The highest BCUT2D eigenvalue weighted by molar-refractivity contribution is 5.96. The van der Waals surface area contributed by atoms with E-state index < -0.39 is 0 Å². The summed E-state index contributed by atoms with van der Waals surface area (Å²) >= 11 is 0. The fourth-order valence-corrected chi connectivity index (χ4v) is 3.17. The molecular formula is C18H19N5O2. The van der Waals surface area contributed by atoms with Gasteiger partial charge in [-0.3, -0.25) is 4.79 Å². The Morgan fingerprint density at radius 2 is 1.96 bits per heavy atom. The third-order valence-corrected chi connectivity index (χ3v) is 4.51. The average Bonchev–Trinajstić information content (AvgIpc) is 3.15. The number of pyridine rings is 1. The zero-order chi connectivity index (χ0) is 17.2. The van der Waals surface area contributed by atoms with Crippen molar-refractivity contribution in [2.75, 3.05) is 38.2 Å². The molecule has 1 aliphatic heterocycles. The molecule has 0 unspecified atom stereocenters. The zero-order valence-electron chi connectivity index (χ0n) is 14.0. The van der Waals surface area contributed by atoms with Crippen LogP contribution in [0.5, 0.6) is 5.75 Å². The lowest BCUT2D eigenvalue weighted by atomic mass is 10.2. The number of anilines is 1. The quantitative estimate of drug-likeness (QED) is 0.790. The number of aromatic nitrogens is 3. The Hall–Kier alpha value is -3.09. The number of carbonyl (C=O) groups excluding carboxylic acids is 1. The molecule has 1 N–H and O–H groups in total. The number of nitrogens with zero attached hydrogens (tertiary/aromatic N) is 4. The Bertz CT molecular complexity index is 899. The minimum Gasteiger partial charge on any atom is -0.495 e. The second kappa shape index (κ2) is 6.43. The number of amides is 1. The molecule has 1 aliphatic rings. The van der Waals surface area contributed by atoms with Gasteiger partial charge in [0.25, 0.3) is 5.91 Å². The van der Waals surface area contributed by atoms with Crippen molar-refractivity contribution < 1.29 is 9.53 Å². The molecule has 1 amide bonds. The van der Waals surface area contributed by atoms with Crippen molar-refractivity contribution in [1.82, 2.24) is 19.9 Å². The van der Waals surface area contributed by atoms with Gasteiger partial charge in [-0.15, -0.1) is 0 Å². The number of H-pyrrole nitrogens is 1. The normalized spacial score (nSPS) is 14.8. The summed E-state index contributed by atoms with van der Waals surface area (Å²) < 4.78 is 5.44. The summed E-state index contributed by atoms with van der Waals surface area (Å²) in [4.78, 5) is 28.2. The number of methoxy groups -OCH3 is 1. The second-order valence-electron chi connectivity index (χ2n) is 5.95. The number of carbonyl (C=O) groups is 1. The number of ether oxygens (including phenoxy) is 1. The average molecular weight is 337 g/mol. The lowest BCUT2D eigenvalue weighted by Gasteiger charge is -2.36. The molecule has 0 atom stereocenters. The monoisotopic (exact) mass is 337 g/mol. The molecule has 128 valence electrons. The molecule has 3 aromatic rings. The highest BCUT2D eigenvalue weighted by Gasteiger charge is 2.24. The molecule has 7 heteroatoms. The first kappa shape index (κ1) is 15.4. The minimum absolute atomic E-state index is 0.00340. The highest BCUT2D eigenvalue weighted by atomic mass is 16.5. The molecule has 0 saturated carbocycles. The van der Waals surface area contributed by atoms with Gasteiger partial charge >= 0.3 is 0 Å². The van der Waals surface area contributed by atoms with E-state index in [1.54, 1.807) is 19.6 Å². The summed E-state index contributed by atoms with van der Waals surface area (Å²) in [5, 5.41) is 0. The molecule has 0 aliphatic carbocycles. The van der Waals surface area contributed by atoms with Crippen LogP contribution in [0.25, 0.3) is 11.2 Å². The lowest BCUT2D eigenvalue weighted by molar-refractivity contribution is 0.0746. The number of hydrogen-bond acceptors (Lipinski definition) is 5. The predicted octanol–water partition coefficient (Wildman–Crippen LogP) is 1.93. The number of fused-ring (bicyclic) bond motifs is 1. The van der Waals surface area contributed by atoms with Crippen LogP contribution in [0.3, 0.4) is 0 Å². The largest absolute Gasteiger partial charge is 0.495 e. The van der Waals surface area contributed by atoms with E-state index in [0.717, 1.165) is 30.0 Å². The third-order valence-electron chi connectivity index (χ3n) is 4.51. The van der Waals surface area contributed by atoms with Crippen molar-refractivity contribution in [3.05, 3.63) is 48.4 Å². The van der Waals surface area contributed by atoms with Gasteiger partial charge in [-0.05, 0) is 18.2 Å². The summed E-state index contributed by atoms with van der Waals surface area (Å²) in [6, 6.07) is 9.77. The van der Waals surface area contributed by atoms with Gasteiger partial charge < -0.3 is 19.5 Å². The lowest BCUT2D eigenvalue weighted by Crippen LogP contribution is -2.48. The van der Waals surface area contributed by atoms with Gasteiger partial charge in [0, 0.05) is 32.4 Å². The van der Waals surface area contributed by atoms with E-state index >= 15 is 0 Å². The van der Waals surface area contributed by atoms with Crippen molar-refractivity contribution in [3.63, 3.8) is 0 Å². The number of imidazole rings is 1. The van der Waals surface area contributed by atoms with Crippen LogP contribution in [-0.4, -0.2) is 59.0 Å². The fourth-order valence-electron chi connectivity index (χ4n) is 3.17. The van der Waals surface area contributed by atoms with E-state index in [9.17, 15) is 4.79 Å². The summed E-state index contributed by atoms with van der Waals surface area (Å²) in [5.41, 5.74) is 3.05. The maximum atomic E-state index is 12.7. The number of aromatic amines is 1. The van der Waals surface area contributed by atoms with Crippen molar-refractivity contribution >= 4 is 22.8 Å². The Balaban J connectivity index is 1.46. The van der Waals surface area contributed by atoms with E-state index in [-0.39, 0.29) is 5.91 Å². The summed E-state index contributed by atoms with van der Waals surface area (Å²) in [5.74, 6) is 0.861. The highest BCUT2D eigenvalue weighted by Crippen LogP contribution is 2.28. The SMILES string of the molecule is COc1ccccc1N1CCN(C(=O)c2cnc3nc[nH]c3c2)CC1. The van der Waals surface area contributed by atoms with Gasteiger partial charge in [0.15, 0.2) is 5.65 Å². The molecule has 1 aromatic carbocycles. The van der Waals surface area contributed by atoms with Crippen LogP contribution < -0.4 is 9.64 Å². The van der Waals surface area contributed by atoms with E-state index in [0.29, 0.717) is 24.3 Å². The second-order valence-corrected chi connectivity index (χ2v) is 5.95. The molecule has 0 spiro atoms. The van der Waals surface area contributed by atoms with Crippen LogP contribution in [0.15, 0.2) is 42.9 Å². The van der Waals surface area contributed by atoms with Crippen molar-refractivity contribution in [3.8, 4) is 5.75 Å². The van der Waals surface area contributed by atoms with Crippen LogP contribution in [0.2, 0.25) is 0 Å². The van der Waals surface area contributed by atoms with Crippen molar-refractivity contribution in [1.29, 1.82) is 0 Å². The standard InChI is InChI=1S/C18H19N5O2/c1-25-16-5-3-2-4-15(16)22-6-8-23(9-7-22)18(24)13-10-14-17(19-11-13)21-12-20-14/h2-5,10-12H,6-9H2,1H3,(H,19,20,21). The fraction of sp³-hybridized carbons (Fsp3) is 0.278. The Morgan fingerprint density at radius 3 is 2.76 bits per heavy atom. The first-order chi connectivity index (χ1) is 12.3. The van der Waals surface area contributed by atoms with Gasteiger partial charge in [0.1, 0.15) is 5.75 Å². The maximum Gasteiger partial charge on any atom is 0.255 e. The molecule has 4 rings (SSSR count). The van der Waals surface area contributed by atoms with Crippen LogP contribution in [0.1, 0.15) is 10.4 Å². The predicted molar refractivity (Wildman–Crippen MR) is 95.0 cm³/mol. The van der Waals surface area contributed by atoms with Gasteiger partial charge in [0.05, 0.1) is 30.2 Å². The number of benzene rings is 1. The molecule has 0 radical (unpaired) electrons. The maximum absolute atomic E-state index is 12.7. The number of rotatable bonds is 3. The van der Waals surface area contributed by atoms with Crippen molar-refractivity contribution in [2.24, 2.45) is 0 Å². The van der Waals surface area contributed by atoms with Gasteiger partial charge in [-0.25, -0.2) is 9.97 Å². The van der Waals surface area contributed by atoms with Gasteiger partial charge in [-0.1, -0.05) is 12.1 Å². The van der Waals surface area contributed by atoms with E-state index in [1.165, 1.54) is 0 Å². The zero-order valence-corrected chi connectivity index (χ0v) is 14.0. The molecule has 1 saturated heterocycles. The smallest absolute Gasteiger partial charge is 0.255 e. The number of para-hydroxylation sites is 2. The van der Waals surface area contributed by atoms with E-state index in [1.807, 2.05) is 35.2 Å². The van der Waals surface area contributed by atoms with Crippen LogP contribution in [0, 0.1) is 0 Å². The minimum atomic E-state index is 0.00340. The molecule has 0 bridgehead atoms. The van der Waals surface area contributed by atoms with Crippen molar-refractivity contribution in [2.45, 2.75) is 0 Å². The van der Waals surface area contributed by atoms with Crippen LogP contribution in [-0.2, 0) is 0 Å². The summed E-state index contributed by atoms with van der Waals surface area (Å²) in [7, 11) is 1.68. The van der Waals surface area contributed by atoms with E-state index in [2.05, 4.69) is 19.9 Å². The van der Waals surface area contributed by atoms with Gasteiger partial charge in [0.2, 0.25) is 0 Å². The molecule has 2 aromatic heterocycles. The third kappa shape index (κ3) is 2.88. The Morgan fingerprint density at radius 1 is 1.16 bits per heavy atom. The molecule has 25 heavy (non-hydrogen) atoms. The number of hydrogen-bond donors (Lipinski definition) is 1. The summed E-state index contributed by atoms with van der Waals surface area (Å²) in [6.45, 7) is 2.87. The van der Waals surface area contributed by atoms with Crippen LogP contribution in [0.4, 0.5) is 5.69 Å². The Labute approximate surface area is 145 Å². The summed E-state index contributed by atoms with van der Waals surface area (Å²) in [6.07, 6.45) is 3.18. The first-order valence-corrected chi connectivity index (χ1v) is 8.22. The van der Waals surface area contributed by atoms with Gasteiger partial charge in [-0.2, -0.15) is 0 Å². The molecule has 3 heterocycles. The molecule has 7 nitrogen and oxygen atoms in total. The molecule has 1 fully saturated rings. The Kier molecular flexibility index (Phi) is 3.97. The first-order valence-electron chi connectivity index (χ1n) is 8.22. The number of piperazine rings is 1. The topological polar surface area (TPSA) is 74.3 Å².